The summed E-state index contributed by atoms with van der Waals surface area (Å²) in [7, 11) is 0. The Kier molecular flexibility index (Phi) is 4.33. The smallest absolute Gasteiger partial charge is 0.145 e. The monoisotopic (exact) mass is 285 g/mol. The zero-order valence-corrected chi connectivity index (χ0v) is 11.2. The lowest BCUT2D eigenvalue weighted by molar-refractivity contribution is 0.299. The molecule has 0 unspecified atom stereocenters. The number of nitrogens with zero attached hydrogens (tertiary/aromatic N) is 2. The second-order valence-corrected chi connectivity index (χ2v) is 4.60. The highest BCUT2D eigenvalue weighted by Gasteiger charge is 2.00. The first-order valence-corrected chi connectivity index (χ1v) is 6.27. The maximum absolute atomic E-state index is 5.89. The summed E-state index contributed by atoms with van der Waals surface area (Å²) in [6.45, 7) is 1.34. The van der Waals surface area contributed by atoms with Crippen LogP contribution in [0.3, 0.4) is 0 Å². The number of aryl methyl sites for hydroxylation is 1. The van der Waals surface area contributed by atoms with Crippen LogP contribution in [0.25, 0.3) is 0 Å². The van der Waals surface area contributed by atoms with E-state index in [1.54, 1.807) is 28.9 Å². The highest BCUT2D eigenvalue weighted by Crippen LogP contribution is 2.26. The molecule has 0 fully saturated rings. The van der Waals surface area contributed by atoms with Gasteiger partial charge in [-0.3, -0.25) is 4.68 Å². The van der Waals surface area contributed by atoms with Crippen LogP contribution in [-0.4, -0.2) is 16.4 Å². The van der Waals surface area contributed by atoms with Gasteiger partial charge in [-0.25, -0.2) is 0 Å². The number of nitrogen functional groups attached to an aromatic ring is 1. The molecular formula is C12H13Cl2N3O. The molecule has 2 aromatic rings. The molecule has 0 atom stereocenters. The molecule has 2 rings (SSSR count). The highest BCUT2D eigenvalue weighted by atomic mass is 35.5. The molecule has 1 aromatic heterocycles. The molecule has 1 heterocycles. The summed E-state index contributed by atoms with van der Waals surface area (Å²) in [5.41, 5.74) is 5.51. The number of anilines is 1. The van der Waals surface area contributed by atoms with E-state index in [0.717, 1.165) is 13.0 Å². The van der Waals surface area contributed by atoms with Gasteiger partial charge in [0.1, 0.15) is 11.6 Å². The fraction of sp³-hybridized carbons (Fsp3) is 0.250. The number of rotatable bonds is 5. The molecule has 0 saturated heterocycles. The van der Waals surface area contributed by atoms with Crippen molar-refractivity contribution in [1.82, 2.24) is 9.78 Å². The molecule has 96 valence electrons. The zero-order valence-electron chi connectivity index (χ0n) is 9.64. The van der Waals surface area contributed by atoms with Gasteiger partial charge in [0.25, 0.3) is 0 Å². The van der Waals surface area contributed by atoms with Gasteiger partial charge in [-0.2, -0.15) is 5.10 Å². The molecule has 0 bridgehead atoms. The molecule has 6 heteroatoms. The van der Waals surface area contributed by atoms with E-state index in [2.05, 4.69) is 5.10 Å². The first-order valence-electron chi connectivity index (χ1n) is 5.52. The Balaban J connectivity index is 1.76. The fourth-order valence-corrected chi connectivity index (χ4v) is 1.77. The van der Waals surface area contributed by atoms with Crippen molar-refractivity contribution in [2.75, 3.05) is 12.3 Å². The minimum absolute atomic E-state index is 0.494. The Labute approximate surface area is 115 Å². The van der Waals surface area contributed by atoms with Crippen molar-refractivity contribution in [2.24, 2.45) is 0 Å². The molecule has 4 nitrogen and oxygen atoms in total. The first-order chi connectivity index (χ1) is 8.65. The van der Waals surface area contributed by atoms with E-state index in [1.807, 2.05) is 6.20 Å². The van der Waals surface area contributed by atoms with Gasteiger partial charge >= 0.3 is 0 Å². The lowest BCUT2D eigenvalue weighted by Crippen LogP contribution is -2.05. The third kappa shape index (κ3) is 3.55. The Morgan fingerprint density at radius 3 is 2.72 bits per heavy atom. The van der Waals surface area contributed by atoms with Gasteiger partial charge in [-0.05, 0) is 18.2 Å². The molecule has 1 aromatic carbocycles. The Morgan fingerprint density at radius 2 is 2.06 bits per heavy atom. The summed E-state index contributed by atoms with van der Waals surface area (Å²) in [5, 5.41) is 5.10. The number of halogens is 2. The second-order valence-electron chi connectivity index (χ2n) is 3.78. The van der Waals surface area contributed by atoms with Crippen LogP contribution >= 0.6 is 23.2 Å². The van der Waals surface area contributed by atoms with E-state index in [1.165, 1.54) is 0 Å². The van der Waals surface area contributed by atoms with Crippen LogP contribution in [-0.2, 0) is 6.54 Å². The van der Waals surface area contributed by atoms with Crippen molar-refractivity contribution in [3.63, 3.8) is 0 Å². The SMILES string of the molecule is Nc1ccn(CCCOc2ccc(Cl)c(Cl)c2)n1. The molecule has 2 N–H and O–H groups in total. The van der Waals surface area contributed by atoms with Gasteiger partial charge in [0.15, 0.2) is 0 Å². The van der Waals surface area contributed by atoms with E-state index in [4.69, 9.17) is 33.7 Å². The predicted molar refractivity (Wildman–Crippen MR) is 73.2 cm³/mol. The maximum Gasteiger partial charge on any atom is 0.145 e. The average molecular weight is 286 g/mol. The largest absolute Gasteiger partial charge is 0.493 e. The molecular weight excluding hydrogens is 273 g/mol. The van der Waals surface area contributed by atoms with Gasteiger partial charge in [0.2, 0.25) is 0 Å². The van der Waals surface area contributed by atoms with Crippen molar-refractivity contribution in [3.05, 3.63) is 40.5 Å². The van der Waals surface area contributed by atoms with Crippen LogP contribution in [0.4, 0.5) is 5.82 Å². The average Bonchev–Trinajstić information content (AvgIpc) is 2.75. The first kappa shape index (κ1) is 13.1. The summed E-state index contributed by atoms with van der Waals surface area (Å²) >= 11 is 11.7. The maximum atomic E-state index is 5.89. The summed E-state index contributed by atoms with van der Waals surface area (Å²) in [4.78, 5) is 0. The van der Waals surface area contributed by atoms with Gasteiger partial charge < -0.3 is 10.5 Å². The zero-order chi connectivity index (χ0) is 13.0. The molecule has 0 radical (unpaired) electrons. The van der Waals surface area contributed by atoms with Gasteiger partial charge in [0.05, 0.1) is 16.7 Å². The number of benzene rings is 1. The second kappa shape index (κ2) is 5.98. The molecule has 0 saturated carbocycles. The van der Waals surface area contributed by atoms with Crippen molar-refractivity contribution in [1.29, 1.82) is 0 Å². The number of hydrogen-bond acceptors (Lipinski definition) is 3. The van der Waals surface area contributed by atoms with Crippen LogP contribution in [0.15, 0.2) is 30.5 Å². The van der Waals surface area contributed by atoms with Crippen LogP contribution in [0.1, 0.15) is 6.42 Å². The van der Waals surface area contributed by atoms with E-state index in [-0.39, 0.29) is 0 Å². The predicted octanol–water partition coefficient (Wildman–Crippen LogP) is 3.24. The third-order valence-electron chi connectivity index (χ3n) is 2.35. The Bertz CT molecular complexity index is 528. The summed E-state index contributed by atoms with van der Waals surface area (Å²) in [5.74, 6) is 1.24. The molecule has 18 heavy (non-hydrogen) atoms. The number of ether oxygens (including phenoxy) is 1. The van der Waals surface area contributed by atoms with E-state index in [0.29, 0.717) is 28.2 Å². The molecule has 0 aliphatic carbocycles. The number of hydrogen-bond donors (Lipinski definition) is 1. The quantitative estimate of drug-likeness (QED) is 0.858. The lowest BCUT2D eigenvalue weighted by Gasteiger charge is -2.07. The van der Waals surface area contributed by atoms with Gasteiger partial charge in [0, 0.05) is 25.2 Å². The molecule has 0 aliphatic heterocycles. The van der Waals surface area contributed by atoms with Crippen molar-refractivity contribution < 1.29 is 4.74 Å². The number of nitrogens with two attached hydrogens (primary N) is 1. The summed E-state index contributed by atoms with van der Waals surface area (Å²) < 4.78 is 7.34. The Hall–Kier alpha value is -1.39. The Morgan fingerprint density at radius 1 is 1.22 bits per heavy atom. The normalized spacial score (nSPS) is 10.6. The third-order valence-corrected chi connectivity index (χ3v) is 3.09. The highest BCUT2D eigenvalue weighted by molar-refractivity contribution is 6.42. The summed E-state index contributed by atoms with van der Waals surface area (Å²) in [6, 6.07) is 6.98. The van der Waals surface area contributed by atoms with Gasteiger partial charge in [-0.15, -0.1) is 0 Å². The van der Waals surface area contributed by atoms with Crippen LogP contribution in [0.2, 0.25) is 10.0 Å². The molecule has 0 amide bonds. The fourth-order valence-electron chi connectivity index (χ4n) is 1.49. The molecule has 0 spiro atoms. The van der Waals surface area contributed by atoms with Gasteiger partial charge in [-0.1, -0.05) is 23.2 Å². The van der Waals surface area contributed by atoms with Crippen molar-refractivity contribution in [3.8, 4) is 5.75 Å². The van der Waals surface area contributed by atoms with Crippen molar-refractivity contribution >= 4 is 29.0 Å². The lowest BCUT2D eigenvalue weighted by atomic mass is 10.3. The van der Waals surface area contributed by atoms with Crippen LogP contribution in [0.5, 0.6) is 5.75 Å². The van der Waals surface area contributed by atoms with E-state index >= 15 is 0 Å². The van der Waals surface area contributed by atoms with Crippen molar-refractivity contribution in [2.45, 2.75) is 13.0 Å². The minimum atomic E-state index is 0.494. The summed E-state index contributed by atoms with van der Waals surface area (Å²) in [6.07, 6.45) is 2.68. The minimum Gasteiger partial charge on any atom is -0.493 e. The topological polar surface area (TPSA) is 53.1 Å². The standard InChI is InChI=1S/C12H13Cl2N3O/c13-10-3-2-9(8-11(10)14)18-7-1-5-17-6-4-12(15)16-17/h2-4,6,8H,1,5,7H2,(H2,15,16). The number of aromatic nitrogens is 2. The van der Waals surface area contributed by atoms with Crippen LogP contribution in [0, 0.1) is 0 Å². The molecule has 0 aliphatic rings. The van der Waals surface area contributed by atoms with E-state index in [9.17, 15) is 0 Å². The van der Waals surface area contributed by atoms with Crippen LogP contribution < -0.4 is 10.5 Å². The van der Waals surface area contributed by atoms with E-state index < -0.39 is 0 Å².